The van der Waals surface area contributed by atoms with E-state index in [9.17, 15) is 4.79 Å². The zero-order valence-corrected chi connectivity index (χ0v) is 23.8. The molecule has 0 aromatic carbocycles. The van der Waals surface area contributed by atoms with E-state index in [1.54, 1.807) is 5.06 Å². The Kier molecular flexibility index (Phi) is 11.5. The van der Waals surface area contributed by atoms with E-state index in [1.165, 1.54) is 25.7 Å². The van der Waals surface area contributed by atoms with Gasteiger partial charge < -0.3 is 30.5 Å². The number of carbonyl (C=O) groups excluding carboxylic acids is 1. The molecule has 214 valence electrons. The molecule has 4 N–H and O–H groups in total. The summed E-state index contributed by atoms with van der Waals surface area (Å²) < 4.78 is 7.28. The Morgan fingerprint density at radius 1 is 1.00 bits per heavy atom. The van der Waals surface area contributed by atoms with E-state index in [-0.39, 0.29) is 30.9 Å². The summed E-state index contributed by atoms with van der Waals surface area (Å²) >= 11 is 0. The summed E-state index contributed by atoms with van der Waals surface area (Å²) in [7, 11) is 0. The van der Waals surface area contributed by atoms with Gasteiger partial charge in [-0.15, -0.1) is 29.9 Å². The fraction of sp³-hybridized carbons (Fsp3) is 0.760. The summed E-state index contributed by atoms with van der Waals surface area (Å²) in [5.74, 6) is 1.43. The van der Waals surface area contributed by atoms with E-state index < -0.39 is 6.16 Å². The Balaban J connectivity index is 0.00000200. The number of piperidine rings is 1. The van der Waals surface area contributed by atoms with Crippen LogP contribution in [0.15, 0.2) is 6.33 Å². The molecule has 5 rings (SSSR count). The van der Waals surface area contributed by atoms with Gasteiger partial charge in [0.25, 0.3) is 0 Å². The smallest absolute Gasteiger partial charge is 0.433 e. The van der Waals surface area contributed by atoms with Crippen LogP contribution in [0.25, 0.3) is 11.2 Å². The number of hydrogen-bond acceptors (Lipinski definition) is 10. The molecule has 38 heavy (non-hydrogen) atoms. The molecule has 2 saturated carbocycles. The zero-order valence-electron chi connectivity index (χ0n) is 22.1. The van der Waals surface area contributed by atoms with E-state index in [2.05, 4.69) is 15.2 Å². The van der Waals surface area contributed by atoms with Gasteiger partial charge in [-0.05, 0) is 57.8 Å². The first-order valence-electron chi connectivity index (χ1n) is 13.7. The third-order valence-electron chi connectivity index (χ3n) is 7.67. The van der Waals surface area contributed by atoms with E-state index in [4.69, 9.17) is 30.3 Å². The van der Waals surface area contributed by atoms with E-state index >= 15 is 0 Å². The molecule has 2 aromatic rings. The Morgan fingerprint density at radius 3 is 2.37 bits per heavy atom. The topological polar surface area (TPSA) is 132 Å². The van der Waals surface area contributed by atoms with Crippen LogP contribution in [0.4, 0.5) is 16.6 Å². The fourth-order valence-electron chi connectivity index (χ4n) is 5.58. The number of rotatable bonds is 8. The van der Waals surface area contributed by atoms with Gasteiger partial charge in [-0.1, -0.05) is 19.8 Å². The summed E-state index contributed by atoms with van der Waals surface area (Å²) in [6.07, 6.45) is 12.7. The molecule has 1 saturated heterocycles. The molecular formula is C25H42Cl2N8O3. The van der Waals surface area contributed by atoms with Crippen molar-refractivity contribution in [2.45, 2.75) is 102 Å². The van der Waals surface area contributed by atoms with Gasteiger partial charge >= 0.3 is 6.16 Å². The van der Waals surface area contributed by atoms with Crippen molar-refractivity contribution in [1.29, 1.82) is 0 Å². The van der Waals surface area contributed by atoms with Crippen molar-refractivity contribution in [3.8, 4) is 0 Å². The normalized spacial score (nSPS) is 22.9. The van der Waals surface area contributed by atoms with Gasteiger partial charge in [0.1, 0.15) is 0 Å². The van der Waals surface area contributed by atoms with Gasteiger partial charge in [-0.25, -0.2) is 9.78 Å². The predicted molar refractivity (Wildman–Crippen MR) is 152 cm³/mol. The second kappa shape index (κ2) is 14.3. The minimum absolute atomic E-state index is 0. The van der Waals surface area contributed by atoms with Crippen LogP contribution >= 0.6 is 24.8 Å². The molecule has 3 heterocycles. The van der Waals surface area contributed by atoms with Crippen LogP contribution in [0, 0.1) is 0 Å². The minimum atomic E-state index is -0.627. The van der Waals surface area contributed by atoms with Crippen molar-refractivity contribution in [2.75, 3.05) is 30.3 Å². The lowest BCUT2D eigenvalue weighted by Gasteiger charge is -2.31. The summed E-state index contributed by atoms with van der Waals surface area (Å²) in [4.78, 5) is 31.7. The third kappa shape index (κ3) is 7.52. The average molecular weight is 574 g/mol. The summed E-state index contributed by atoms with van der Waals surface area (Å²) in [5.41, 5.74) is 7.82. The molecule has 0 spiro atoms. The molecule has 0 bridgehead atoms. The SMILES string of the molecule is CCCOC(=O)ON1CCC(Nc2nc(NC3CCC(N)CC3)nc3c2ncn3C2CCCC2)CC1.Cl.Cl. The number of anilines is 2. The summed E-state index contributed by atoms with van der Waals surface area (Å²) in [6.45, 7) is 3.60. The van der Waals surface area contributed by atoms with Crippen LogP contribution in [-0.2, 0) is 9.57 Å². The molecule has 0 radical (unpaired) electrons. The van der Waals surface area contributed by atoms with Crippen LogP contribution in [0.5, 0.6) is 0 Å². The van der Waals surface area contributed by atoms with Crippen LogP contribution in [0.2, 0.25) is 0 Å². The van der Waals surface area contributed by atoms with E-state index in [0.29, 0.717) is 43.8 Å². The van der Waals surface area contributed by atoms with E-state index in [0.717, 1.165) is 61.9 Å². The van der Waals surface area contributed by atoms with Gasteiger partial charge in [0, 0.05) is 37.3 Å². The number of fused-ring (bicyclic) bond motifs is 1. The maximum atomic E-state index is 11.8. The molecule has 0 atom stereocenters. The number of nitrogens with two attached hydrogens (primary N) is 1. The van der Waals surface area contributed by atoms with Crippen LogP contribution in [0.3, 0.4) is 0 Å². The number of aromatic nitrogens is 4. The average Bonchev–Trinajstić information content (AvgIpc) is 3.55. The monoisotopic (exact) mass is 572 g/mol. The highest BCUT2D eigenvalue weighted by atomic mass is 35.5. The minimum Gasteiger partial charge on any atom is -0.433 e. The molecule has 3 aliphatic rings. The van der Waals surface area contributed by atoms with Gasteiger partial charge in [0.2, 0.25) is 5.95 Å². The van der Waals surface area contributed by atoms with Crippen molar-refractivity contribution >= 4 is 53.9 Å². The van der Waals surface area contributed by atoms with Crippen molar-refractivity contribution < 1.29 is 14.4 Å². The lowest BCUT2D eigenvalue weighted by molar-refractivity contribution is -0.138. The largest absolute Gasteiger partial charge is 0.527 e. The molecule has 11 nitrogen and oxygen atoms in total. The fourth-order valence-corrected chi connectivity index (χ4v) is 5.58. The highest BCUT2D eigenvalue weighted by Crippen LogP contribution is 2.34. The number of carbonyl (C=O) groups is 1. The number of hydrogen-bond donors (Lipinski definition) is 3. The number of nitrogens with one attached hydrogen (secondary N) is 2. The summed E-state index contributed by atoms with van der Waals surface area (Å²) in [5, 5.41) is 8.90. The van der Waals surface area contributed by atoms with Gasteiger partial charge in [-0.2, -0.15) is 9.97 Å². The number of imidazole rings is 1. The van der Waals surface area contributed by atoms with Gasteiger partial charge in [0.15, 0.2) is 17.0 Å². The maximum Gasteiger partial charge on any atom is 0.527 e. The number of nitrogens with zero attached hydrogens (tertiary/aromatic N) is 5. The molecule has 3 fully saturated rings. The highest BCUT2D eigenvalue weighted by Gasteiger charge is 2.27. The van der Waals surface area contributed by atoms with Crippen LogP contribution in [-0.4, -0.2) is 68.6 Å². The van der Waals surface area contributed by atoms with Gasteiger partial charge in [-0.3, -0.25) is 0 Å². The lowest BCUT2D eigenvalue weighted by atomic mass is 9.92. The number of hydroxylamine groups is 2. The Labute approximate surface area is 236 Å². The molecule has 2 aromatic heterocycles. The second-order valence-corrected chi connectivity index (χ2v) is 10.5. The first kappa shape index (κ1) is 30.5. The summed E-state index contributed by atoms with van der Waals surface area (Å²) in [6, 6.07) is 1.29. The lowest BCUT2D eigenvalue weighted by Crippen LogP contribution is -2.40. The first-order valence-corrected chi connectivity index (χ1v) is 13.7. The Hall–Kier alpha value is -2.08. The van der Waals surface area contributed by atoms with Crippen molar-refractivity contribution in [3.05, 3.63) is 6.33 Å². The van der Waals surface area contributed by atoms with Crippen molar-refractivity contribution in [1.82, 2.24) is 24.6 Å². The molecule has 0 unspecified atom stereocenters. The number of ether oxygens (including phenoxy) is 1. The Morgan fingerprint density at radius 2 is 1.68 bits per heavy atom. The second-order valence-electron chi connectivity index (χ2n) is 10.5. The molecule has 2 aliphatic carbocycles. The molecule has 0 amide bonds. The first-order chi connectivity index (χ1) is 17.6. The van der Waals surface area contributed by atoms with E-state index in [1.807, 2.05) is 13.3 Å². The quantitative estimate of drug-likeness (QED) is 0.378. The zero-order chi connectivity index (χ0) is 24.9. The van der Waals surface area contributed by atoms with Gasteiger partial charge in [0.05, 0.1) is 12.9 Å². The maximum absolute atomic E-state index is 11.8. The number of halogens is 2. The molecule has 1 aliphatic heterocycles. The van der Waals surface area contributed by atoms with Crippen molar-refractivity contribution in [2.24, 2.45) is 5.73 Å². The third-order valence-corrected chi connectivity index (χ3v) is 7.67. The van der Waals surface area contributed by atoms with Crippen LogP contribution in [0.1, 0.15) is 83.6 Å². The molecule has 13 heteroatoms. The van der Waals surface area contributed by atoms with Crippen molar-refractivity contribution in [3.63, 3.8) is 0 Å². The molecular weight excluding hydrogens is 531 g/mol. The highest BCUT2D eigenvalue weighted by molar-refractivity contribution is 5.86. The Bertz CT molecular complexity index is 1020. The van der Waals surface area contributed by atoms with Crippen LogP contribution < -0.4 is 16.4 Å². The predicted octanol–water partition coefficient (Wildman–Crippen LogP) is 4.82. The standard InChI is InChI=1S/C25H40N8O3.2ClH/c1-2-15-35-25(34)36-32-13-11-19(12-14-32)28-22-21-23(33(16-27-21)20-5-3-4-6-20)31-24(30-22)29-18-9-7-17(26)8-10-18;;/h16-20H,2-15,26H2,1H3,(H2,28,29,30,31);2*1H.